The minimum atomic E-state index is -0.868. The SMILES string of the molecule is CCCCC=Cc1ccc2c(ccn2C(=O)CC(C)CC(=O)O)c1. The second-order valence-electron chi connectivity index (χ2n) is 6.35. The normalized spacial score (nSPS) is 12.8. The molecule has 0 aliphatic rings. The summed E-state index contributed by atoms with van der Waals surface area (Å²) in [6.45, 7) is 3.97. The summed E-state index contributed by atoms with van der Waals surface area (Å²) in [6, 6.07) is 7.96. The fourth-order valence-electron chi connectivity index (χ4n) is 2.79. The van der Waals surface area contributed by atoms with Crippen molar-refractivity contribution in [3.63, 3.8) is 0 Å². The molecule has 1 aromatic carbocycles. The van der Waals surface area contributed by atoms with Crippen molar-refractivity contribution < 1.29 is 14.7 Å². The Morgan fingerprint density at radius 3 is 2.75 bits per heavy atom. The van der Waals surface area contributed by atoms with Crippen LogP contribution in [0.1, 0.15) is 56.3 Å². The van der Waals surface area contributed by atoms with Gasteiger partial charge in [-0.3, -0.25) is 14.2 Å². The first-order valence-electron chi connectivity index (χ1n) is 8.54. The van der Waals surface area contributed by atoms with Gasteiger partial charge in [-0.1, -0.05) is 44.9 Å². The summed E-state index contributed by atoms with van der Waals surface area (Å²) in [5, 5.41) is 9.83. The van der Waals surface area contributed by atoms with Gasteiger partial charge in [0.05, 0.1) is 5.52 Å². The van der Waals surface area contributed by atoms with Crippen molar-refractivity contribution in [1.82, 2.24) is 4.57 Å². The van der Waals surface area contributed by atoms with E-state index in [1.807, 2.05) is 18.2 Å². The number of carbonyl (C=O) groups excluding carboxylic acids is 1. The lowest BCUT2D eigenvalue weighted by Gasteiger charge is -2.09. The molecule has 0 saturated carbocycles. The first-order chi connectivity index (χ1) is 11.5. The second kappa shape index (κ2) is 8.48. The molecule has 1 N–H and O–H groups in total. The Balaban J connectivity index is 2.11. The Morgan fingerprint density at radius 2 is 2.04 bits per heavy atom. The van der Waals surface area contributed by atoms with E-state index in [0.717, 1.165) is 22.9 Å². The molecule has 24 heavy (non-hydrogen) atoms. The third-order valence-electron chi connectivity index (χ3n) is 4.06. The van der Waals surface area contributed by atoms with Gasteiger partial charge in [0.15, 0.2) is 0 Å². The molecule has 0 radical (unpaired) electrons. The van der Waals surface area contributed by atoms with Crippen molar-refractivity contribution in [1.29, 1.82) is 0 Å². The van der Waals surface area contributed by atoms with Crippen molar-refractivity contribution >= 4 is 28.9 Å². The van der Waals surface area contributed by atoms with E-state index in [9.17, 15) is 9.59 Å². The van der Waals surface area contributed by atoms with Gasteiger partial charge in [-0.15, -0.1) is 0 Å². The van der Waals surface area contributed by atoms with E-state index in [1.165, 1.54) is 12.8 Å². The van der Waals surface area contributed by atoms with Crippen LogP contribution in [0.25, 0.3) is 17.0 Å². The Bertz CT molecular complexity index is 742. The van der Waals surface area contributed by atoms with Gasteiger partial charge in [0.1, 0.15) is 0 Å². The largest absolute Gasteiger partial charge is 0.481 e. The minimum Gasteiger partial charge on any atom is -0.481 e. The lowest BCUT2D eigenvalue weighted by atomic mass is 10.0. The molecule has 128 valence electrons. The maximum absolute atomic E-state index is 12.4. The lowest BCUT2D eigenvalue weighted by Crippen LogP contribution is -2.15. The van der Waals surface area contributed by atoms with Crippen molar-refractivity contribution in [2.24, 2.45) is 5.92 Å². The first-order valence-corrected chi connectivity index (χ1v) is 8.54. The Kier molecular flexibility index (Phi) is 6.36. The van der Waals surface area contributed by atoms with E-state index < -0.39 is 5.97 Å². The lowest BCUT2D eigenvalue weighted by molar-refractivity contribution is -0.137. The fourth-order valence-corrected chi connectivity index (χ4v) is 2.79. The van der Waals surface area contributed by atoms with Crippen LogP contribution in [0, 0.1) is 5.92 Å². The number of nitrogens with zero attached hydrogens (tertiary/aromatic N) is 1. The van der Waals surface area contributed by atoms with Gasteiger partial charge in [0.25, 0.3) is 0 Å². The molecule has 2 aromatic rings. The average Bonchev–Trinajstić information content (AvgIpc) is 2.94. The predicted octanol–water partition coefficient (Wildman–Crippen LogP) is 4.99. The molecule has 0 aliphatic carbocycles. The van der Waals surface area contributed by atoms with Gasteiger partial charge in [0.2, 0.25) is 5.91 Å². The number of carbonyl (C=O) groups is 2. The van der Waals surface area contributed by atoms with Gasteiger partial charge < -0.3 is 5.11 Å². The van der Waals surface area contributed by atoms with Gasteiger partial charge in [0, 0.05) is 24.4 Å². The van der Waals surface area contributed by atoms with Gasteiger partial charge in [-0.05, 0) is 36.1 Å². The molecule has 4 heteroatoms. The third kappa shape index (κ3) is 4.82. The molecule has 0 saturated heterocycles. The Labute approximate surface area is 142 Å². The monoisotopic (exact) mass is 327 g/mol. The van der Waals surface area contributed by atoms with Gasteiger partial charge in [-0.2, -0.15) is 0 Å². The van der Waals surface area contributed by atoms with Crippen LogP contribution in [-0.4, -0.2) is 21.6 Å². The fraction of sp³-hybridized carbons (Fsp3) is 0.400. The smallest absolute Gasteiger partial charge is 0.303 e. The molecule has 0 amide bonds. The van der Waals surface area contributed by atoms with Crippen LogP contribution < -0.4 is 0 Å². The number of benzene rings is 1. The van der Waals surface area contributed by atoms with E-state index in [4.69, 9.17) is 5.11 Å². The van der Waals surface area contributed by atoms with Crippen LogP contribution in [0.5, 0.6) is 0 Å². The van der Waals surface area contributed by atoms with Crippen LogP contribution in [0.4, 0.5) is 0 Å². The number of hydrogen-bond acceptors (Lipinski definition) is 2. The van der Waals surface area contributed by atoms with E-state index in [2.05, 4.69) is 25.1 Å². The van der Waals surface area contributed by atoms with E-state index >= 15 is 0 Å². The molecule has 0 aliphatic heterocycles. The summed E-state index contributed by atoms with van der Waals surface area (Å²) < 4.78 is 1.62. The Morgan fingerprint density at radius 1 is 1.25 bits per heavy atom. The number of carboxylic acids is 1. The number of allylic oxidation sites excluding steroid dienone is 1. The molecule has 0 fully saturated rings. The second-order valence-corrected chi connectivity index (χ2v) is 6.35. The number of unbranched alkanes of at least 4 members (excludes halogenated alkanes) is 2. The number of hydrogen-bond donors (Lipinski definition) is 1. The molecule has 1 atom stereocenters. The van der Waals surface area contributed by atoms with Crippen molar-refractivity contribution in [3.05, 3.63) is 42.1 Å². The summed E-state index contributed by atoms with van der Waals surface area (Å²) in [5.74, 6) is -1.11. The van der Waals surface area contributed by atoms with Crippen molar-refractivity contribution in [2.75, 3.05) is 0 Å². The predicted molar refractivity (Wildman–Crippen MR) is 97.2 cm³/mol. The molecule has 1 heterocycles. The number of fused-ring (bicyclic) bond motifs is 1. The van der Waals surface area contributed by atoms with Gasteiger partial charge >= 0.3 is 5.97 Å². The zero-order chi connectivity index (χ0) is 17.5. The van der Waals surface area contributed by atoms with Crippen LogP contribution >= 0.6 is 0 Å². The van der Waals surface area contributed by atoms with Crippen LogP contribution in [-0.2, 0) is 4.79 Å². The molecule has 2 rings (SSSR count). The summed E-state index contributed by atoms with van der Waals surface area (Å²) in [7, 11) is 0. The van der Waals surface area contributed by atoms with Crippen LogP contribution in [0.2, 0.25) is 0 Å². The molecule has 4 nitrogen and oxygen atoms in total. The molecular weight excluding hydrogens is 302 g/mol. The van der Waals surface area contributed by atoms with E-state index in [1.54, 1.807) is 17.7 Å². The molecule has 1 aromatic heterocycles. The highest BCUT2D eigenvalue weighted by Crippen LogP contribution is 2.20. The van der Waals surface area contributed by atoms with Gasteiger partial charge in [-0.25, -0.2) is 0 Å². The Hall–Kier alpha value is -2.36. The van der Waals surface area contributed by atoms with Crippen molar-refractivity contribution in [2.45, 2.75) is 46.0 Å². The highest BCUT2D eigenvalue weighted by molar-refractivity contribution is 5.93. The molecule has 0 spiro atoms. The summed E-state index contributed by atoms with van der Waals surface area (Å²) >= 11 is 0. The molecule has 1 unspecified atom stereocenters. The molecule has 0 bridgehead atoms. The standard InChI is InChI=1S/C20H25NO3/c1-3-4-5-6-7-16-8-9-18-17(14-16)10-11-21(18)19(22)12-15(2)13-20(23)24/h6-11,14-15H,3-5,12-13H2,1-2H3,(H,23,24). The minimum absolute atomic E-state index is 0.0116. The summed E-state index contributed by atoms with van der Waals surface area (Å²) in [6.07, 6.45) is 9.77. The van der Waals surface area contributed by atoms with Crippen LogP contribution in [0.15, 0.2) is 36.5 Å². The zero-order valence-corrected chi connectivity index (χ0v) is 14.4. The maximum atomic E-state index is 12.4. The quantitative estimate of drug-likeness (QED) is 0.695. The zero-order valence-electron chi connectivity index (χ0n) is 14.4. The summed E-state index contributed by atoms with van der Waals surface area (Å²) in [5.41, 5.74) is 2.00. The van der Waals surface area contributed by atoms with E-state index in [-0.39, 0.29) is 24.7 Å². The topological polar surface area (TPSA) is 59.3 Å². The summed E-state index contributed by atoms with van der Waals surface area (Å²) in [4.78, 5) is 23.1. The maximum Gasteiger partial charge on any atom is 0.303 e. The third-order valence-corrected chi connectivity index (χ3v) is 4.06. The average molecular weight is 327 g/mol. The highest BCUT2D eigenvalue weighted by Gasteiger charge is 2.15. The first kappa shape index (κ1) is 18.0. The number of rotatable bonds is 8. The van der Waals surface area contributed by atoms with Crippen molar-refractivity contribution in [3.8, 4) is 0 Å². The number of aromatic nitrogens is 1. The molecular formula is C20H25NO3. The number of carboxylic acid groups (broad SMARTS) is 1. The number of aliphatic carboxylic acids is 1. The highest BCUT2D eigenvalue weighted by atomic mass is 16.4. The van der Waals surface area contributed by atoms with Crippen LogP contribution in [0.3, 0.4) is 0 Å². The van der Waals surface area contributed by atoms with E-state index in [0.29, 0.717) is 0 Å².